The first-order valence-corrected chi connectivity index (χ1v) is 4.83. The summed E-state index contributed by atoms with van der Waals surface area (Å²) in [5.41, 5.74) is 2.75. The molecule has 0 aliphatic heterocycles. The molecule has 2 saturated carbocycles. The summed E-state index contributed by atoms with van der Waals surface area (Å²) < 4.78 is 0. The second-order valence-electron chi connectivity index (χ2n) is 4.18. The number of hydrogen-bond donors (Lipinski definition) is 2. The van der Waals surface area contributed by atoms with E-state index < -0.39 is 0 Å². The molecule has 3 atom stereocenters. The number of nitrogens with two attached hydrogens (primary N) is 1. The lowest BCUT2D eigenvalue weighted by Crippen LogP contribution is -2.26. The highest BCUT2D eigenvalue weighted by molar-refractivity contribution is 4.89. The van der Waals surface area contributed by atoms with E-state index >= 15 is 0 Å². The van der Waals surface area contributed by atoms with Gasteiger partial charge in [0.05, 0.1) is 0 Å². The lowest BCUT2D eigenvalue weighted by molar-refractivity contribution is 0.311. The van der Waals surface area contributed by atoms with Crippen molar-refractivity contribution >= 4 is 0 Å². The van der Waals surface area contributed by atoms with E-state index in [0.29, 0.717) is 0 Å². The topological polar surface area (TPSA) is 38.0 Å². The van der Waals surface area contributed by atoms with Crippen LogP contribution < -0.4 is 11.3 Å². The van der Waals surface area contributed by atoms with E-state index in [4.69, 9.17) is 5.84 Å². The minimum atomic E-state index is 1.00. The molecule has 64 valence electrons. The van der Waals surface area contributed by atoms with Crippen molar-refractivity contribution in [2.75, 3.05) is 6.54 Å². The highest BCUT2D eigenvalue weighted by Crippen LogP contribution is 2.49. The van der Waals surface area contributed by atoms with Gasteiger partial charge in [-0.1, -0.05) is 6.42 Å². The van der Waals surface area contributed by atoms with Crippen LogP contribution in [-0.4, -0.2) is 6.54 Å². The van der Waals surface area contributed by atoms with Gasteiger partial charge in [-0.25, -0.2) is 0 Å². The molecule has 0 amide bonds. The van der Waals surface area contributed by atoms with E-state index in [-0.39, 0.29) is 0 Å². The lowest BCUT2D eigenvalue weighted by Gasteiger charge is -2.20. The Bertz CT molecular complexity index is 136. The lowest BCUT2D eigenvalue weighted by atomic mass is 9.86. The van der Waals surface area contributed by atoms with Gasteiger partial charge in [-0.05, 0) is 43.4 Å². The van der Waals surface area contributed by atoms with E-state index in [1.165, 1.54) is 32.1 Å². The number of rotatable bonds is 3. The molecule has 0 saturated heterocycles. The van der Waals surface area contributed by atoms with Crippen molar-refractivity contribution in [3.05, 3.63) is 0 Å². The molecule has 0 spiro atoms. The second kappa shape index (κ2) is 3.11. The molecule has 0 aromatic carbocycles. The SMILES string of the molecule is NNCC[C@@H]1C[C@H]2CC[C@H]1C2. The van der Waals surface area contributed by atoms with Crippen molar-refractivity contribution in [2.24, 2.45) is 23.6 Å². The van der Waals surface area contributed by atoms with Gasteiger partial charge in [0.2, 0.25) is 0 Å². The second-order valence-corrected chi connectivity index (χ2v) is 4.18. The summed E-state index contributed by atoms with van der Waals surface area (Å²) in [4.78, 5) is 0. The van der Waals surface area contributed by atoms with E-state index in [9.17, 15) is 0 Å². The van der Waals surface area contributed by atoms with Crippen LogP contribution in [-0.2, 0) is 0 Å². The number of nitrogens with one attached hydrogen (secondary N) is 1. The van der Waals surface area contributed by atoms with E-state index in [1.807, 2.05) is 0 Å². The number of fused-ring (bicyclic) bond motifs is 2. The standard InChI is InChI=1S/C9H18N2/c10-11-4-3-9-6-7-1-2-8(9)5-7/h7-9,11H,1-6,10H2/t7-,8-,9+/m0/s1. The first-order valence-electron chi connectivity index (χ1n) is 4.83. The fraction of sp³-hybridized carbons (Fsp3) is 1.00. The van der Waals surface area contributed by atoms with Crippen molar-refractivity contribution in [3.8, 4) is 0 Å². The van der Waals surface area contributed by atoms with Gasteiger partial charge in [0.15, 0.2) is 0 Å². The van der Waals surface area contributed by atoms with Gasteiger partial charge in [0, 0.05) is 6.54 Å². The Morgan fingerprint density at radius 2 is 2.18 bits per heavy atom. The third-order valence-electron chi connectivity index (χ3n) is 3.54. The molecule has 2 rings (SSSR count). The summed E-state index contributed by atoms with van der Waals surface area (Å²) >= 11 is 0. The fourth-order valence-electron chi connectivity index (χ4n) is 3.00. The maximum Gasteiger partial charge on any atom is 0.0100 e. The van der Waals surface area contributed by atoms with E-state index in [2.05, 4.69) is 5.43 Å². The van der Waals surface area contributed by atoms with Crippen LogP contribution in [0.5, 0.6) is 0 Å². The van der Waals surface area contributed by atoms with Crippen molar-refractivity contribution < 1.29 is 0 Å². The first kappa shape index (κ1) is 7.56. The fourth-order valence-corrected chi connectivity index (χ4v) is 3.00. The molecule has 2 aliphatic rings. The Morgan fingerprint density at radius 3 is 2.73 bits per heavy atom. The van der Waals surface area contributed by atoms with Crippen molar-refractivity contribution in [1.82, 2.24) is 5.43 Å². The molecule has 0 aromatic rings. The molecule has 3 N–H and O–H groups in total. The molecule has 2 bridgehead atoms. The average molecular weight is 154 g/mol. The van der Waals surface area contributed by atoms with Gasteiger partial charge >= 0.3 is 0 Å². The zero-order chi connectivity index (χ0) is 7.68. The van der Waals surface area contributed by atoms with Crippen LogP contribution in [0, 0.1) is 17.8 Å². The third kappa shape index (κ3) is 1.42. The van der Waals surface area contributed by atoms with Gasteiger partial charge in [-0.15, -0.1) is 0 Å². The number of hydrogen-bond acceptors (Lipinski definition) is 2. The van der Waals surface area contributed by atoms with Gasteiger partial charge in [-0.3, -0.25) is 11.3 Å². The minimum Gasteiger partial charge on any atom is -0.271 e. The zero-order valence-electron chi connectivity index (χ0n) is 7.05. The molecule has 2 aliphatic carbocycles. The maximum absolute atomic E-state index is 5.25. The van der Waals surface area contributed by atoms with Crippen molar-refractivity contribution in [3.63, 3.8) is 0 Å². The smallest absolute Gasteiger partial charge is 0.0100 e. The Hall–Kier alpha value is -0.0800. The summed E-state index contributed by atoms with van der Waals surface area (Å²) in [6.45, 7) is 1.01. The highest BCUT2D eigenvalue weighted by Gasteiger charge is 2.38. The van der Waals surface area contributed by atoms with Gasteiger partial charge < -0.3 is 0 Å². The Balaban J connectivity index is 1.78. The molecule has 0 heterocycles. The molecule has 2 fully saturated rings. The molecular weight excluding hydrogens is 136 g/mol. The van der Waals surface area contributed by atoms with Crippen molar-refractivity contribution in [1.29, 1.82) is 0 Å². The number of hydrazine groups is 1. The monoisotopic (exact) mass is 154 g/mol. The van der Waals surface area contributed by atoms with E-state index in [0.717, 1.165) is 24.3 Å². The van der Waals surface area contributed by atoms with Crippen LogP contribution in [0.2, 0.25) is 0 Å². The first-order chi connectivity index (χ1) is 5.40. The Morgan fingerprint density at radius 1 is 1.27 bits per heavy atom. The quantitative estimate of drug-likeness (QED) is 0.474. The van der Waals surface area contributed by atoms with E-state index in [1.54, 1.807) is 0 Å². The van der Waals surface area contributed by atoms with Crippen LogP contribution in [0.4, 0.5) is 0 Å². The largest absolute Gasteiger partial charge is 0.271 e. The Kier molecular flexibility index (Phi) is 2.14. The highest BCUT2D eigenvalue weighted by atomic mass is 15.2. The Labute approximate surface area is 68.5 Å². The maximum atomic E-state index is 5.25. The van der Waals surface area contributed by atoms with Gasteiger partial charge in [0.25, 0.3) is 0 Å². The molecule has 11 heavy (non-hydrogen) atoms. The van der Waals surface area contributed by atoms with Crippen LogP contribution in [0.1, 0.15) is 32.1 Å². The predicted molar refractivity (Wildman–Crippen MR) is 45.7 cm³/mol. The summed E-state index contributed by atoms with van der Waals surface area (Å²) in [6, 6.07) is 0. The van der Waals surface area contributed by atoms with Gasteiger partial charge in [-0.2, -0.15) is 0 Å². The average Bonchev–Trinajstić information content (AvgIpc) is 2.60. The normalized spacial score (nSPS) is 41.7. The summed E-state index contributed by atoms with van der Waals surface area (Å²) in [7, 11) is 0. The molecule has 2 nitrogen and oxygen atoms in total. The molecule has 0 radical (unpaired) electrons. The minimum absolute atomic E-state index is 1.00. The summed E-state index contributed by atoms with van der Waals surface area (Å²) in [5, 5.41) is 0. The predicted octanol–water partition coefficient (Wildman–Crippen LogP) is 1.28. The van der Waals surface area contributed by atoms with Crippen molar-refractivity contribution in [2.45, 2.75) is 32.1 Å². The zero-order valence-corrected chi connectivity index (χ0v) is 7.05. The molecule has 0 aromatic heterocycles. The van der Waals surface area contributed by atoms with Crippen LogP contribution >= 0.6 is 0 Å². The summed E-state index contributed by atoms with van der Waals surface area (Å²) in [5.74, 6) is 8.41. The van der Waals surface area contributed by atoms with Gasteiger partial charge in [0.1, 0.15) is 0 Å². The van der Waals surface area contributed by atoms with Crippen LogP contribution in [0.25, 0.3) is 0 Å². The third-order valence-corrected chi connectivity index (χ3v) is 3.54. The van der Waals surface area contributed by atoms with Crippen LogP contribution in [0.3, 0.4) is 0 Å². The molecule has 2 heteroatoms. The summed E-state index contributed by atoms with van der Waals surface area (Å²) in [6.07, 6.45) is 7.33. The molecule has 0 unspecified atom stereocenters. The molecular formula is C9H18N2. The van der Waals surface area contributed by atoms with Crippen LogP contribution in [0.15, 0.2) is 0 Å².